The predicted octanol–water partition coefficient (Wildman–Crippen LogP) is -0.398. The second-order valence-corrected chi connectivity index (χ2v) is 6.95. The van der Waals surface area contributed by atoms with E-state index >= 15 is 0 Å². The Labute approximate surface area is 154 Å². The number of carbonyl (C=O) groups is 1. The smallest absolute Gasteiger partial charge is 0.241 e. The van der Waals surface area contributed by atoms with Crippen LogP contribution in [0.1, 0.15) is 12.1 Å². The van der Waals surface area contributed by atoms with Gasteiger partial charge in [0.2, 0.25) is 5.91 Å². The minimum absolute atomic E-state index is 0. The predicted molar refractivity (Wildman–Crippen MR) is 98.2 cm³/mol. The number of fused-ring (bicyclic) bond motifs is 1. The molecule has 7 nitrogen and oxygen atoms in total. The van der Waals surface area contributed by atoms with Gasteiger partial charge in [0.25, 0.3) is 0 Å². The van der Waals surface area contributed by atoms with Gasteiger partial charge in [0, 0.05) is 57.4 Å². The summed E-state index contributed by atoms with van der Waals surface area (Å²) in [7, 11) is 0. The molecule has 138 valence electrons. The third-order valence-electron chi connectivity index (χ3n) is 5.44. The van der Waals surface area contributed by atoms with Crippen molar-refractivity contribution >= 4 is 18.3 Å². The van der Waals surface area contributed by atoms with Gasteiger partial charge in [-0.15, -0.1) is 12.4 Å². The van der Waals surface area contributed by atoms with Gasteiger partial charge in [0.05, 0.1) is 5.69 Å². The summed E-state index contributed by atoms with van der Waals surface area (Å²) in [5, 5.41) is 3.41. The van der Waals surface area contributed by atoms with Crippen molar-refractivity contribution in [2.75, 3.05) is 39.3 Å². The van der Waals surface area contributed by atoms with Gasteiger partial charge < -0.3 is 10.2 Å². The molecule has 0 bridgehead atoms. The normalized spacial score (nSPS) is 29.8. The number of aromatic nitrogens is 1. The zero-order valence-electron chi connectivity index (χ0n) is 14.4. The first-order valence-corrected chi connectivity index (χ1v) is 8.94. The molecule has 4 rings (SSSR count). The van der Waals surface area contributed by atoms with Gasteiger partial charge in [-0.25, -0.2) is 5.43 Å². The summed E-state index contributed by atoms with van der Waals surface area (Å²) < 4.78 is 0. The van der Waals surface area contributed by atoms with E-state index in [0.29, 0.717) is 12.0 Å². The van der Waals surface area contributed by atoms with E-state index in [-0.39, 0.29) is 24.4 Å². The van der Waals surface area contributed by atoms with Crippen LogP contribution in [0.5, 0.6) is 0 Å². The van der Waals surface area contributed by atoms with E-state index in [2.05, 4.69) is 32.1 Å². The fourth-order valence-electron chi connectivity index (χ4n) is 4.00. The highest BCUT2D eigenvalue weighted by molar-refractivity contribution is 5.85. The Hall–Kier alpha value is -1.25. The minimum Gasteiger partial charge on any atom is -0.339 e. The summed E-state index contributed by atoms with van der Waals surface area (Å²) >= 11 is 0. The van der Waals surface area contributed by atoms with E-state index < -0.39 is 0 Å². The molecule has 1 aromatic heterocycles. The Bertz CT molecular complexity index is 566. The number of piperazine rings is 1. The Balaban J connectivity index is 0.00000182. The molecule has 0 aliphatic carbocycles. The van der Waals surface area contributed by atoms with E-state index in [1.807, 2.05) is 23.2 Å². The molecule has 0 aromatic carbocycles. The van der Waals surface area contributed by atoms with Gasteiger partial charge in [-0.3, -0.25) is 20.1 Å². The maximum absolute atomic E-state index is 12.9. The number of amides is 1. The van der Waals surface area contributed by atoms with E-state index in [4.69, 9.17) is 0 Å². The average Bonchev–Trinajstić information content (AvgIpc) is 3.07. The molecule has 3 unspecified atom stereocenters. The SMILES string of the molecule is Cl.O=C(C1NNC2CCNCC21)N1CCN(Cc2ccccn2)CC1. The first kappa shape index (κ1) is 18.5. The van der Waals surface area contributed by atoms with Crippen molar-refractivity contribution < 1.29 is 4.79 Å². The van der Waals surface area contributed by atoms with Gasteiger partial charge in [-0.05, 0) is 25.1 Å². The summed E-state index contributed by atoms with van der Waals surface area (Å²) in [6.07, 6.45) is 2.92. The van der Waals surface area contributed by atoms with E-state index in [0.717, 1.165) is 57.9 Å². The maximum Gasteiger partial charge on any atom is 0.241 e. The highest BCUT2D eigenvalue weighted by Gasteiger charge is 2.42. The molecule has 3 aliphatic rings. The van der Waals surface area contributed by atoms with Crippen LogP contribution in [0.3, 0.4) is 0 Å². The number of hydrogen-bond acceptors (Lipinski definition) is 6. The second kappa shape index (κ2) is 8.42. The van der Waals surface area contributed by atoms with Crippen LogP contribution in [0.15, 0.2) is 24.4 Å². The van der Waals surface area contributed by atoms with Crippen LogP contribution in [0, 0.1) is 5.92 Å². The van der Waals surface area contributed by atoms with Crippen molar-refractivity contribution in [3.63, 3.8) is 0 Å². The first-order valence-electron chi connectivity index (χ1n) is 8.94. The summed E-state index contributed by atoms with van der Waals surface area (Å²) in [6, 6.07) is 6.35. The molecule has 1 amide bonds. The largest absolute Gasteiger partial charge is 0.339 e. The molecule has 3 atom stereocenters. The molecule has 0 saturated carbocycles. The lowest BCUT2D eigenvalue weighted by Gasteiger charge is -2.37. The zero-order valence-corrected chi connectivity index (χ0v) is 15.2. The number of nitrogens with one attached hydrogen (secondary N) is 3. The number of hydrogen-bond donors (Lipinski definition) is 3. The first-order chi connectivity index (χ1) is 11.8. The van der Waals surface area contributed by atoms with Crippen LogP contribution >= 0.6 is 12.4 Å². The Morgan fingerprint density at radius 3 is 2.80 bits per heavy atom. The van der Waals surface area contributed by atoms with Crippen molar-refractivity contribution in [1.29, 1.82) is 0 Å². The number of piperidine rings is 1. The topological polar surface area (TPSA) is 72.5 Å². The van der Waals surface area contributed by atoms with Crippen molar-refractivity contribution in [2.45, 2.75) is 25.0 Å². The summed E-state index contributed by atoms with van der Waals surface area (Å²) in [5.74, 6) is 0.606. The van der Waals surface area contributed by atoms with Crippen molar-refractivity contribution in [3.8, 4) is 0 Å². The van der Waals surface area contributed by atoms with Crippen molar-refractivity contribution in [1.82, 2.24) is 31.0 Å². The molecule has 1 aromatic rings. The molecule has 0 radical (unpaired) electrons. The van der Waals surface area contributed by atoms with Gasteiger partial charge in [0.15, 0.2) is 0 Å². The molecule has 3 fully saturated rings. The van der Waals surface area contributed by atoms with Gasteiger partial charge in [0.1, 0.15) is 6.04 Å². The van der Waals surface area contributed by atoms with Gasteiger partial charge >= 0.3 is 0 Å². The van der Waals surface area contributed by atoms with Gasteiger partial charge in [-0.2, -0.15) is 0 Å². The lowest BCUT2D eigenvalue weighted by Crippen LogP contribution is -2.55. The minimum atomic E-state index is -0.0925. The third-order valence-corrected chi connectivity index (χ3v) is 5.44. The van der Waals surface area contributed by atoms with Crippen LogP contribution in [-0.2, 0) is 11.3 Å². The highest BCUT2D eigenvalue weighted by atomic mass is 35.5. The van der Waals surface area contributed by atoms with Crippen LogP contribution in [0.4, 0.5) is 0 Å². The fraction of sp³-hybridized carbons (Fsp3) is 0.647. The Kier molecular flexibility index (Phi) is 6.24. The Morgan fingerprint density at radius 1 is 1.20 bits per heavy atom. The van der Waals surface area contributed by atoms with Crippen molar-refractivity contribution in [3.05, 3.63) is 30.1 Å². The maximum atomic E-state index is 12.9. The standard InChI is InChI=1S/C17H26N6O.ClH/c24-17(16-14-11-18-6-4-15(14)20-21-16)23-9-7-22(8-10-23)12-13-3-1-2-5-19-13;/h1-3,5,14-16,18,20-21H,4,6-12H2;1H. The average molecular weight is 367 g/mol. The van der Waals surface area contributed by atoms with Crippen LogP contribution < -0.4 is 16.2 Å². The number of carbonyl (C=O) groups excluding carboxylic acids is 1. The molecule has 25 heavy (non-hydrogen) atoms. The van der Waals surface area contributed by atoms with E-state index in [9.17, 15) is 4.79 Å². The van der Waals surface area contributed by atoms with Gasteiger partial charge in [-0.1, -0.05) is 6.07 Å². The quantitative estimate of drug-likeness (QED) is 0.676. The Morgan fingerprint density at radius 2 is 2.04 bits per heavy atom. The number of nitrogens with zero attached hydrogens (tertiary/aromatic N) is 3. The molecule has 0 spiro atoms. The summed E-state index contributed by atoms with van der Waals surface area (Å²) in [5.41, 5.74) is 7.65. The zero-order chi connectivity index (χ0) is 16.4. The molecular weight excluding hydrogens is 340 g/mol. The lowest BCUT2D eigenvalue weighted by atomic mass is 9.89. The number of halogens is 1. The second-order valence-electron chi connectivity index (χ2n) is 6.95. The third kappa shape index (κ3) is 4.12. The molecule has 4 heterocycles. The van der Waals surface area contributed by atoms with Crippen LogP contribution in [0.25, 0.3) is 0 Å². The lowest BCUT2D eigenvalue weighted by molar-refractivity contribution is -0.136. The van der Waals surface area contributed by atoms with Crippen LogP contribution in [-0.4, -0.2) is 72.0 Å². The molecular formula is C17H27ClN6O. The number of hydrazine groups is 1. The fourth-order valence-corrected chi connectivity index (χ4v) is 4.00. The van der Waals surface area contributed by atoms with E-state index in [1.54, 1.807) is 0 Å². The number of pyridine rings is 1. The molecule has 8 heteroatoms. The number of rotatable bonds is 3. The van der Waals surface area contributed by atoms with Crippen molar-refractivity contribution in [2.24, 2.45) is 5.92 Å². The molecule has 3 aliphatic heterocycles. The highest BCUT2D eigenvalue weighted by Crippen LogP contribution is 2.22. The van der Waals surface area contributed by atoms with E-state index in [1.165, 1.54) is 0 Å². The van der Waals surface area contributed by atoms with Crippen LogP contribution in [0.2, 0.25) is 0 Å². The molecule has 3 N–H and O–H groups in total. The monoisotopic (exact) mass is 366 g/mol. The summed E-state index contributed by atoms with van der Waals surface area (Å²) in [4.78, 5) is 21.7. The molecule has 3 saturated heterocycles. The summed E-state index contributed by atoms with van der Waals surface area (Å²) in [6.45, 7) is 6.23.